The van der Waals surface area contributed by atoms with Gasteiger partial charge >= 0.3 is 0 Å². The van der Waals surface area contributed by atoms with E-state index in [1.807, 2.05) is 0 Å². The lowest BCUT2D eigenvalue weighted by atomic mass is 10.2. The van der Waals surface area contributed by atoms with Crippen molar-refractivity contribution in [2.24, 2.45) is 5.10 Å². The summed E-state index contributed by atoms with van der Waals surface area (Å²) in [6.45, 7) is -0.917. The molecular weight excluding hydrogens is 331 g/mol. The second-order valence-corrected chi connectivity index (χ2v) is 4.74. The van der Waals surface area contributed by atoms with Crippen molar-refractivity contribution in [2.45, 2.75) is 0 Å². The maximum absolute atomic E-state index is 13.3. The van der Waals surface area contributed by atoms with Gasteiger partial charge in [0.15, 0.2) is 18.2 Å². The topological polar surface area (TPSA) is 100 Å². The van der Waals surface area contributed by atoms with Crippen molar-refractivity contribution in [3.05, 3.63) is 59.9 Å². The van der Waals surface area contributed by atoms with Gasteiger partial charge in [0.05, 0.1) is 12.2 Å². The minimum atomic E-state index is -1.31. The summed E-state index contributed by atoms with van der Waals surface area (Å²) in [7, 11) is 0. The van der Waals surface area contributed by atoms with Crippen molar-refractivity contribution in [2.75, 3.05) is 13.2 Å². The number of carboxylic acids is 1. The number of hydrazone groups is 1. The highest BCUT2D eigenvalue weighted by Crippen LogP contribution is 2.14. The number of carbonyl (C=O) groups is 2. The van der Waals surface area contributed by atoms with Crippen LogP contribution in [0.3, 0.4) is 0 Å². The maximum atomic E-state index is 13.3. The lowest BCUT2D eigenvalue weighted by Crippen LogP contribution is -2.28. The summed E-state index contributed by atoms with van der Waals surface area (Å²) in [5.74, 6) is -2.07. The van der Waals surface area contributed by atoms with Crippen LogP contribution >= 0.6 is 0 Å². The predicted octanol–water partition coefficient (Wildman–Crippen LogP) is 0.483. The van der Waals surface area contributed by atoms with Crippen LogP contribution in [0.2, 0.25) is 0 Å². The number of benzene rings is 2. The molecule has 0 atom stereocenters. The van der Waals surface area contributed by atoms with Crippen molar-refractivity contribution >= 4 is 18.1 Å². The molecule has 0 aromatic heterocycles. The molecule has 25 heavy (non-hydrogen) atoms. The van der Waals surface area contributed by atoms with Gasteiger partial charge in [0.1, 0.15) is 12.4 Å². The number of rotatable bonds is 8. The minimum absolute atomic E-state index is 0.0196. The molecule has 0 bridgehead atoms. The first kappa shape index (κ1) is 17.9. The van der Waals surface area contributed by atoms with Crippen LogP contribution in [-0.4, -0.2) is 31.3 Å². The van der Waals surface area contributed by atoms with Gasteiger partial charge in [-0.2, -0.15) is 5.10 Å². The van der Waals surface area contributed by atoms with E-state index in [2.05, 4.69) is 10.5 Å². The first-order valence-electron chi connectivity index (χ1n) is 7.16. The molecule has 130 valence electrons. The van der Waals surface area contributed by atoms with E-state index in [0.717, 1.165) is 0 Å². The standard InChI is InChI=1S/C17H15FN2O5/c18-14-3-1-2-4-15(14)25-10-16(21)20-19-9-12-5-7-13(8-6-12)24-11-17(22)23/h1-9H,10-11H2,(H,20,21)(H,22,23)/p-1/b19-9-. The van der Waals surface area contributed by atoms with E-state index in [1.165, 1.54) is 24.4 Å². The van der Waals surface area contributed by atoms with Crippen molar-refractivity contribution in [3.8, 4) is 11.5 Å². The highest BCUT2D eigenvalue weighted by Gasteiger charge is 2.05. The van der Waals surface area contributed by atoms with Crippen LogP contribution in [0.4, 0.5) is 4.39 Å². The second kappa shape index (κ2) is 9.02. The fraction of sp³-hybridized carbons (Fsp3) is 0.118. The van der Waals surface area contributed by atoms with Crippen LogP contribution in [0.5, 0.6) is 11.5 Å². The minimum Gasteiger partial charge on any atom is -0.546 e. The average molecular weight is 345 g/mol. The first-order valence-corrected chi connectivity index (χ1v) is 7.16. The number of aliphatic carboxylic acids is 1. The number of nitrogens with zero attached hydrogens (tertiary/aromatic N) is 1. The van der Waals surface area contributed by atoms with E-state index in [1.54, 1.807) is 30.3 Å². The molecular formula is C17H14FN2O5-. The molecule has 8 heteroatoms. The predicted molar refractivity (Wildman–Crippen MR) is 84.6 cm³/mol. The lowest BCUT2D eigenvalue weighted by molar-refractivity contribution is -0.307. The number of carbonyl (C=O) groups excluding carboxylic acids is 2. The number of hydrogen-bond acceptors (Lipinski definition) is 6. The van der Waals surface area contributed by atoms with Crippen molar-refractivity contribution in [1.82, 2.24) is 5.43 Å². The molecule has 0 saturated heterocycles. The normalized spacial score (nSPS) is 10.4. The van der Waals surface area contributed by atoms with Crippen LogP contribution in [0, 0.1) is 5.82 Å². The Morgan fingerprint density at radius 1 is 1.08 bits per heavy atom. The summed E-state index contributed by atoms with van der Waals surface area (Å²) >= 11 is 0. The number of hydrogen-bond donors (Lipinski definition) is 1. The molecule has 0 saturated carbocycles. The van der Waals surface area contributed by atoms with E-state index in [9.17, 15) is 19.1 Å². The van der Waals surface area contributed by atoms with Crippen molar-refractivity contribution in [3.63, 3.8) is 0 Å². The average Bonchev–Trinajstić information content (AvgIpc) is 2.60. The number of amides is 1. The van der Waals surface area contributed by atoms with E-state index in [-0.39, 0.29) is 12.4 Å². The molecule has 0 aliphatic rings. The van der Waals surface area contributed by atoms with E-state index < -0.39 is 24.3 Å². The molecule has 7 nitrogen and oxygen atoms in total. The highest BCUT2D eigenvalue weighted by molar-refractivity contribution is 5.83. The summed E-state index contributed by atoms with van der Waals surface area (Å²) in [6.07, 6.45) is 1.38. The van der Waals surface area contributed by atoms with Crippen LogP contribution < -0.4 is 20.0 Å². The largest absolute Gasteiger partial charge is 0.546 e. The zero-order valence-electron chi connectivity index (χ0n) is 13.0. The lowest BCUT2D eigenvalue weighted by Gasteiger charge is -2.06. The molecule has 0 radical (unpaired) electrons. The van der Waals surface area contributed by atoms with Gasteiger partial charge in [-0.15, -0.1) is 0 Å². The Kier molecular flexibility index (Phi) is 6.47. The van der Waals surface area contributed by atoms with Crippen LogP contribution in [0.25, 0.3) is 0 Å². The Hall–Kier alpha value is -3.42. The summed E-state index contributed by atoms with van der Waals surface area (Å²) in [4.78, 5) is 21.8. The van der Waals surface area contributed by atoms with Crippen molar-refractivity contribution < 1.29 is 28.6 Å². The molecule has 1 amide bonds. The van der Waals surface area contributed by atoms with Gasteiger partial charge in [-0.05, 0) is 42.0 Å². The second-order valence-electron chi connectivity index (χ2n) is 4.74. The Morgan fingerprint density at radius 2 is 1.80 bits per heavy atom. The summed E-state index contributed by atoms with van der Waals surface area (Å²) in [5, 5.41) is 14.0. The number of carboxylic acid groups (broad SMARTS) is 1. The first-order chi connectivity index (χ1) is 12.0. The Bertz CT molecular complexity index is 762. The third-order valence-electron chi connectivity index (χ3n) is 2.84. The van der Waals surface area contributed by atoms with Gasteiger partial charge in [0, 0.05) is 0 Å². The van der Waals surface area contributed by atoms with Gasteiger partial charge in [-0.1, -0.05) is 12.1 Å². The monoisotopic (exact) mass is 345 g/mol. The Labute approximate surface area is 142 Å². The quantitative estimate of drug-likeness (QED) is 0.554. The Balaban J connectivity index is 1.77. The third-order valence-corrected chi connectivity index (χ3v) is 2.84. The molecule has 2 aromatic rings. The number of nitrogens with one attached hydrogen (secondary N) is 1. The van der Waals surface area contributed by atoms with E-state index in [4.69, 9.17) is 9.47 Å². The molecule has 0 spiro atoms. The van der Waals surface area contributed by atoms with Gasteiger partial charge < -0.3 is 19.4 Å². The van der Waals surface area contributed by atoms with Gasteiger partial charge in [-0.3, -0.25) is 4.79 Å². The fourth-order valence-electron chi connectivity index (χ4n) is 1.71. The molecule has 2 rings (SSSR count). The summed E-state index contributed by atoms with van der Waals surface area (Å²) in [6, 6.07) is 12.1. The van der Waals surface area contributed by atoms with E-state index in [0.29, 0.717) is 11.3 Å². The smallest absolute Gasteiger partial charge is 0.277 e. The van der Waals surface area contributed by atoms with Gasteiger partial charge in [0.2, 0.25) is 0 Å². The fourth-order valence-corrected chi connectivity index (χ4v) is 1.71. The van der Waals surface area contributed by atoms with Gasteiger partial charge in [-0.25, -0.2) is 9.82 Å². The number of para-hydroxylation sites is 1. The van der Waals surface area contributed by atoms with E-state index >= 15 is 0 Å². The van der Waals surface area contributed by atoms with Crippen LogP contribution in [0.1, 0.15) is 5.56 Å². The zero-order chi connectivity index (χ0) is 18.1. The summed E-state index contributed by atoms with van der Waals surface area (Å²) < 4.78 is 23.3. The SMILES string of the molecule is O=C([O-])COc1ccc(/C=N\NC(=O)COc2ccccc2F)cc1. The molecule has 0 aliphatic carbocycles. The van der Waals surface area contributed by atoms with Gasteiger partial charge in [0.25, 0.3) is 5.91 Å². The Morgan fingerprint density at radius 3 is 2.48 bits per heavy atom. The molecule has 0 fully saturated rings. The van der Waals surface area contributed by atoms with Crippen LogP contribution in [0.15, 0.2) is 53.6 Å². The summed E-state index contributed by atoms with van der Waals surface area (Å²) in [5.41, 5.74) is 2.89. The maximum Gasteiger partial charge on any atom is 0.277 e. The number of ether oxygens (including phenoxy) is 2. The zero-order valence-corrected chi connectivity index (χ0v) is 13.0. The molecule has 0 unspecified atom stereocenters. The third kappa shape index (κ3) is 6.30. The highest BCUT2D eigenvalue weighted by atomic mass is 19.1. The molecule has 2 aromatic carbocycles. The number of halogens is 1. The molecule has 1 N–H and O–H groups in total. The molecule has 0 aliphatic heterocycles. The van der Waals surface area contributed by atoms with Crippen LogP contribution in [-0.2, 0) is 9.59 Å². The van der Waals surface area contributed by atoms with Crippen molar-refractivity contribution in [1.29, 1.82) is 0 Å². The molecule has 0 heterocycles.